The van der Waals surface area contributed by atoms with Crippen LogP contribution in [0, 0.1) is 4.64 Å². The van der Waals surface area contributed by atoms with E-state index in [1.165, 1.54) is 0 Å². The summed E-state index contributed by atoms with van der Waals surface area (Å²) < 4.78 is 6.96. The van der Waals surface area contributed by atoms with Gasteiger partial charge >= 0.3 is 0 Å². The summed E-state index contributed by atoms with van der Waals surface area (Å²) in [6.45, 7) is 6.84. The van der Waals surface area contributed by atoms with Crippen LogP contribution in [0.4, 0.5) is 0 Å². The number of ether oxygens (including phenoxy) is 1. The van der Waals surface area contributed by atoms with Crippen molar-refractivity contribution < 1.29 is 4.74 Å². The summed E-state index contributed by atoms with van der Waals surface area (Å²) in [4.78, 5) is 7.80. The van der Waals surface area contributed by atoms with Gasteiger partial charge in [-0.15, -0.1) is 0 Å². The SMILES string of the molecule is CCOc1cccc(-c2nc(=S)c(Br)c(C(C)C)[nH]2)c1. The maximum atomic E-state index is 5.52. The first kappa shape index (κ1) is 15.2. The van der Waals surface area contributed by atoms with Crippen LogP contribution in [0.15, 0.2) is 28.7 Å². The molecule has 1 aromatic heterocycles. The molecule has 5 heteroatoms. The molecule has 1 aromatic carbocycles. The minimum Gasteiger partial charge on any atom is -0.494 e. The van der Waals surface area contributed by atoms with Crippen molar-refractivity contribution in [1.29, 1.82) is 0 Å². The molecule has 0 aliphatic rings. The third-order valence-electron chi connectivity index (χ3n) is 2.89. The molecule has 0 radical (unpaired) electrons. The molecule has 2 rings (SSSR count). The zero-order valence-corrected chi connectivity index (χ0v) is 14.1. The van der Waals surface area contributed by atoms with Crippen molar-refractivity contribution in [3.05, 3.63) is 39.1 Å². The van der Waals surface area contributed by atoms with Gasteiger partial charge in [-0.2, -0.15) is 0 Å². The summed E-state index contributed by atoms with van der Waals surface area (Å²) in [5.74, 6) is 1.94. The zero-order chi connectivity index (χ0) is 14.7. The number of nitrogens with one attached hydrogen (secondary N) is 1. The molecule has 0 fully saturated rings. The Kier molecular flexibility index (Phi) is 4.94. The van der Waals surface area contributed by atoms with Crippen molar-refractivity contribution >= 4 is 28.1 Å². The summed E-state index contributed by atoms with van der Waals surface area (Å²) in [6.07, 6.45) is 0. The van der Waals surface area contributed by atoms with E-state index in [0.29, 0.717) is 17.2 Å². The van der Waals surface area contributed by atoms with Gasteiger partial charge in [0.25, 0.3) is 0 Å². The lowest BCUT2D eigenvalue weighted by Gasteiger charge is -2.12. The number of hydrogen-bond acceptors (Lipinski definition) is 3. The predicted octanol–water partition coefficient (Wildman–Crippen LogP) is 5.09. The topological polar surface area (TPSA) is 37.9 Å². The Balaban J connectivity index is 2.53. The maximum absolute atomic E-state index is 5.52. The van der Waals surface area contributed by atoms with Crippen LogP contribution in [-0.4, -0.2) is 16.6 Å². The van der Waals surface area contributed by atoms with Gasteiger partial charge in [-0.25, -0.2) is 4.98 Å². The Morgan fingerprint density at radius 3 is 2.80 bits per heavy atom. The van der Waals surface area contributed by atoms with Gasteiger partial charge in [0, 0.05) is 11.3 Å². The van der Waals surface area contributed by atoms with Crippen molar-refractivity contribution in [3.63, 3.8) is 0 Å². The van der Waals surface area contributed by atoms with Crippen molar-refractivity contribution in [2.24, 2.45) is 0 Å². The second-order valence-electron chi connectivity index (χ2n) is 4.73. The van der Waals surface area contributed by atoms with Gasteiger partial charge in [0.15, 0.2) is 0 Å². The van der Waals surface area contributed by atoms with Crippen molar-refractivity contribution in [3.8, 4) is 17.1 Å². The minimum atomic E-state index is 0.336. The molecule has 20 heavy (non-hydrogen) atoms. The summed E-state index contributed by atoms with van der Waals surface area (Å²) in [5.41, 5.74) is 2.03. The average molecular weight is 353 g/mol. The number of hydrogen-bond donors (Lipinski definition) is 1. The van der Waals surface area contributed by atoms with Gasteiger partial charge in [-0.3, -0.25) is 0 Å². The van der Waals surface area contributed by atoms with E-state index in [0.717, 1.165) is 27.3 Å². The minimum absolute atomic E-state index is 0.336. The summed E-state index contributed by atoms with van der Waals surface area (Å²) in [5, 5.41) is 0. The smallest absolute Gasteiger partial charge is 0.144 e. The van der Waals surface area contributed by atoms with E-state index in [1.54, 1.807) is 0 Å². The zero-order valence-electron chi connectivity index (χ0n) is 11.7. The van der Waals surface area contributed by atoms with Crippen LogP contribution in [-0.2, 0) is 0 Å². The third kappa shape index (κ3) is 3.27. The molecule has 0 amide bonds. The molecule has 0 spiro atoms. The molecular weight excluding hydrogens is 336 g/mol. The second kappa shape index (κ2) is 6.50. The first-order valence-corrected chi connectivity index (χ1v) is 7.76. The second-order valence-corrected chi connectivity index (χ2v) is 5.91. The molecule has 0 aliphatic heterocycles. The van der Waals surface area contributed by atoms with E-state index >= 15 is 0 Å². The monoisotopic (exact) mass is 352 g/mol. The molecule has 0 unspecified atom stereocenters. The molecule has 0 bridgehead atoms. The third-order valence-corrected chi connectivity index (χ3v) is 4.25. The van der Waals surface area contributed by atoms with Gasteiger partial charge in [-0.05, 0) is 40.9 Å². The number of rotatable bonds is 4. The Morgan fingerprint density at radius 1 is 1.40 bits per heavy atom. The molecule has 0 aliphatic carbocycles. The molecule has 1 heterocycles. The van der Waals surface area contributed by atoms with Crippen molar-refractivity contribution in [2.75, 3.05) is 6.61 Å². The van der Waals surface area contributed by atoms with Crippen LogP contribution in [0.3, 0.4) is 0 Å². The number of aromatic nitrogens is 2. The lowest BCUT2D eigenvalue weighted by atomic mass is 10.1. The normalized spacial score (nSPS) is 10.8. The molecule has 1 N–H and O–H groups in total. The highest BCUT2D eigenvalue weighted by molar-refractivity contribution is 9.10. The summed E-state index contributed by atoms with van der Waals surface area (Å²) in [7, 11) is 0. The van der Waals surface area contributed by atoms with Crippen LogP contribution in [0.25, 0.3) is 11.4 Å². The fourth-order valence-electron chi connectivity index (χ4n) is 1.91. The van der Waals surface area contributed by atoms with Crippen LogP contribution in [0.2, 0.25) is 0 Å². The molecule has 106 valence electrons. The van der Waals surface area contributed by atoms with Crippen LogP contribution in [0.5, 0.6) is 5.75 Å². The Bertz CT molecular complexity index is 667. The predicted molar refractivity (Wildman–Crippen MR) is 87.8 cm³/mol. The average Bonchev–Trinajstić information content (AvgIpc) is 2.42. The van der Waals surface area contributed by atoms with E-state index in [1.807, 2.05) is 31.2 Å². The summed E-state index contributed by atoms with van der Waals surface area (Å²) in [6, 6.07) is 7.85. The van der Waals surface area contributed by atoms with Crippen LogP contribution < -0.4 is 4.74 Å². The van der Waals surface area contributed by atoms with Crippen LogP contribution in [0.1, 0.15) is 32.4 Å². The molecule has 0 saturated heterocycles. The van der Waals surface area contributed by atoms with E-state index in [4.69, 9.17) is 17.0 Å². The lowest BCUT2D eigenvalue weighted by Crippen LogP contribution is -2.00. The number of nitrogens with zero attached hydrogens (tertiary/aromatic N) is 1. The maximum Gasteiger partial charge on any atom is 0.144 e. The fourth-order valence-corrected chi connectivity index (χ4v) is 2.76. The number of benzene rings is 1. The Labute approximate surface area is 132 Å². The molecule has 0 atom stereocenters. The standard InChI is InChI=1S/C15H17BrN2OS/c1-4-19-11-7-5-6-10(8-11)14-17-13(9(2)3)12(16)15(20)18-14/h5-9H,4H2,1-3H3,(H,17,18,20). The highest BCUT2D eigenvalue weighted by Crippen LogP contribution is 2.27. The first-order valence-electron chi connectivity index (χ1n) is 6.55. The number of halogens is 1. The van der Waals surface area contributed by atoms with E-state index in [-0.39, 0.29) is 0 Å². The van der Waals surface area contributed by atoms with Gasteiger partial charge in [-0.1, -0.05) is 38.2 Å². The molecule has 2 aromatic rings. The highest BCUT2D eigenvalue weighted by atomic mass is 79.9. The molecular formula is C15H17BrN2OS. The summed E-state index contributed by atoms with van der Waals surface area (Å²) >= 11 is 8.83. The largest absolute Gasteiger partial charge is 0.494 e. The fraction of sp³-hybridized carbons (Fsp3) is 0.333. The van der Waals surface area contributed by atoms with E-state index in [9.17, 15) is 0 Å². The van der Waals surface area contributed by atoms with Crippen molar-refractivity contribution in [2.45, 2.75) is 26.7 Å². The van der Waals surface area contributed by atoms with E-state index < -0.39 is 0 Å². The van der Waals surface area contributed by atoms with Gasteiger partial charge in [0.1, 0.15) is 16.2 Å². The van der Waals surface area contributed by atoms with Gasteiger partial charge in [0.05, 0.1) is 11.1 Å². The lowest BCUT2D eigenvalue weighted by molar-refractivity contribution is 0.340. The van der Waals surface area contributed by atoms with Crippen LogP contribution >= 0.6 is 28.1 Å². The molecule has 3 nitrogen and oxygen atoms in total. The van der Waals surface area contributed by atoms with E-state index in [2.05, 4.69) is 39.7 Å². The number of H-pyrrole nitrogens is 1. The highest BCUT2D eigenvalue weighted by Gasteiger charge is 2.11. The number of aromatic amines is 1. The van der Waals surface area contributed by atoms with Gasteiger partial charge in [0.2, 0.25) is 0 Å². The first-order chi connectivity index (χ1) is 9.52. The molecule has 0 saturated carbocycles. The quantitative estimate of drug-likeness (QED) is 0.778. The Hall–Kier alpha value is -1.20. The Morgan fingerprint density at radius 2 is 2.15 bits per heavy atom. The van der Waals surface area contributed by atoms with Crippen molar-refractivity contribution in [1.82, 2.24) is 9.97 Å². The van der Waals surface area contributed by atoms with Gasteiger partial charge < -0.3 is 9.72 Å².